The van der Waals surface area contributed by atoms with E-state index in [0.717, 1.165) is 5.56 Å². The van der Waals surface area contributed by atoms with Gasteiger partial charge in [-0.3, -0.25) is 0 Å². The Morgan fingerprint density at radius 2 is 2.00 bits per heavy atom. The summed E-state index contributed by atoms with van der Waals surface area (Å²) in [6, 6.07) is 7.83. The molecule has 6 nitrogen and oxygen atoms in total. The molecule has 1 atom stereocenters. The van der Waals surface area contributed by atoms with Gasteiger partial charge in [-0.15, -0.1) is 0 Å². The van der Waals surface area contributed by atoms with Crippen LogP contribution >= 0.6 is 0 Å². The molecule has 0 aromatic heterocycles. The summed E-state index contributed by atoms with van der Waals surface area (Å²) in [7, 11) is 0. The molecule has 1 aromatic carbocycles. The normalized spacial score (nSPS) is 21.1. The highest BCUT2D eigenvalue weighted by Gasteiger charge is 2.37. The predicted octanol–water partition coefficient (Wildman–Crippen LogP) is 0.723. The van der Waals surface area contributed by atoms with E-state index < -0.39 is 12.0 Å². The third kappa shape index (κ3) is 1.81. The Labute approximate surface area is 108 Å². The van der Waals surface area contributed by atoms with E-state index in [9.17, 15) is 9.59 Å². The number of carbonyl (C=O) groups is 2. The van der Waals surface area contributed by atoms with Crippen molar-refractivity contribution in [2.75, 3.05) is 6.61 Å². The van der Waals surface area contributed by atoms with Crippen LogP contribution in [0.4, 0.5) is 4.79 Å². The van der Waals surface area contributed by atoms with Gasteiger partial charge in [-0.05, 0) is 17.7 Å². The number of benzene rings is 1. The van der Waals surface area contributed by atoms with Gasteiger partial charge >= 0.3 is 12.0 Å². The van der Waals surface area contributed by atoms with Gasteiger partial charge in [0, 0.05) is 0 Å². The number of esters is 1. The lowest BCUT2D eigenvalue weighted by Gasteiger charge is -2.24. The molecule has 0 fully saturated rings. The molecular formula is C13H9N3O3. The number of ether oxygens (including phenoxy) is 1. The van der Waals surface area contributed by atoms with Crippen LogP contribution in [0.3, 0.4) is 0 Å². The fourth-order valence-electron chi connectivity index (χ4n) is 2.19. The number of rotatable bonds is 1. The average Bonchev–Trinajstić information content (AvgIpc) is 2.79. The summed E-state index contributed by atoms with van der Waals surface area (Å²) in [5.74, 6) is -0.433. The lowest BCUT2D eigenvalue weighted by molar-refractivity contribution is -0.136. The molecule has 94 valence electrons. The number of cyclic esters (lactones) is 1. The smallest absolute Gasteiger partial charge is 0.338 e. The number of hydrogen-bond acceptors (Lipinski definition) is 4. The second-order valence-corrected chi connectivity index (χ2v) is 4.23. The van der Waals surface area contributed by atoms with Crippen molar-refractivity contribution in [2.24, 2.45) is 0 Å². The summed E-state index contributed by atoms with van der Waals surface area (Å²) in [5, 5.41) is 14.0. The van der Waals surface area contributed by atoms with E-state index in [0.29, 0.717) is 16.8 Å². The first-order valence-electron chi connectivity index (χ1n) is 5.67. The quantitative estimate of drug-likeness (QED) is 0.723. The van der Waals surface area contributed by atoms with E-state index >= 15 is 0 Å². The van der Waals surface area contributed by atoms with Crippen LogP contribution in [-0.4, -0.2) is 18.6 Å². The SMILES string of the molecule is N#Cc1ccc(C2NC(=O)NC3=C2C(=O)OC3)cc1. The van der Waals surface area contributed by atoms with Gasteiger partial charge in [-0.25, -0.2) is 9.59 Å². The van der Waals surface area contributed by atoms with E-state index in [1.54, 1.807) is 24.3 Å². The standard InChI is InChI=1S/C13H9N3O3/c14-5-7-1-3-8(4-2-7)11-10-9(6-19-12(10)17)15-13(18)16-11/h1-4,11H,6H2,(H2,15,16,18). The number of hydrogen-bond donors (Lipinski definition) is 2. The maximum Gasteiger partial charge on any atom is 0.338 e. The zero-order valence-corrected chi connectivity index (χ0v) is 9.77. The van der Waals surface area contributed by atoms with E-state index in [1.807, 2.05) is 6.07 Å². The van der Waals surface area contributed by atoms with Crippen LogP contribution in [-0.2, 0) is 9.53 Å². The second kappa shape index (κ2) is 4.14. The van der Waals surface area contributed by atoms with E-state index in [2.05, 4.69) is 10.6 Å². The van der Waals surface area contributed by atoms with Crippen molar-refractivity contribution in [1.82, 2.24) is 10.6 Å². The van der Waals surface area contributed by atoms with Crippen molar-refractivity contribution in [3.8, 4) is 6.07 Å². The molecular weight excluding hydrogens is 246 g/mol. The van der Waals surface area contributed by atoms with E-state index in [4.69, 9.17) is 10.00 Å². The summed E-state index contributed by atoms with van der Waals surface area (Å²) in [4.78, 5) is 23.2. The van der Waals surface area contributed by atoms with Gasteiger partial charge in [0.15, 0.2) is 0 Å². The third-order valence-corrected chi connectivity index (χ3v) is 3.09. The fraction of sp³-hybridized carbons (Fsp3) is 0.154. The van der Waals surface area contributed by atoms with Crippen molar-refractivity contribution >= 4 is 12.0 Å². The summed E-state index contributed by atoms with van der Waals surface area (Å²) < 4.78 is 4.92. The molecule has 0 saturated carbocycles. The van der Waals surface area contributed by atoms with Crippen LogP contribution in [0.25, 0.3) is 0 Å². The van der Waals surface area contributed by atoms with Crippen molar-refractivity contribution in [3.63, 3.8) is 0 Å². The maximum absolute atomic E-state index is 11.7. The molecule has 0 saturated heterocycles. The largest absolute Gasteiger partial charge is 0.456 e. The zero-order chi connectivity index (χ0) is 13.4. The number of nitrogens with zero attached hydrogens (tertiary/aromatic N) is 1. The van der Waals surface area contributed by atoms with Crippen LogP contribution in [0, 0.1) is 11.3 Å². The predicted molar refractivity (Wildman–Crippen MR) is 63.6 cm³/mol. The highest BCUT2D eigenvalue weighted by atomic mass is 16.5. The number of nitriles is 1. The van der Waals surface area contributed by atoms with Gasteiger partial charge in [0.25, 0.3) is 0 Å². The topological polar surface area (TPSA) is 91.2 Å². The first-order chi connectivity index (χ1) is 9.19. The Balaban J connectivity index is 2.02. The molecule has 19 heavy (non-hydrogen) atoms. The number of urea groups is 1. The van der Waals surface area contributed by atoms with E-state index in [1.165, 1.54) is 0 Å². The molecule has 2 aliphatic rings. The molecule has 1 aromatic rings. The monoisotopic (exact) mass is 255 g/mol. The van der Waals surface area contributed by atoms with Gasteiger partial charge in [0.1, 0.15) is 6.61 Å². The molecule has 2 amide bonds. The second-order valence-electron chi connectivity index (χ2n) is 4.23. The third-order valence-electron chi connectivity index (χ3n) is 3.09. The van der Waals surface area contributed by atoms with Crippen LogP contribution in [0.5, 0.6) is 0 Å². The molecule has 1 unspecified atom stereocenters. The summed E-state index contributed by atoms with van der Waals surface area (Å²) in [6.45, 7) is 0.0916. The van der Waals surface area contributed by atoms with Crippen LogP contribution in [0.1, 0.15) is 17.2 Å². The Morgan fingerprint density at radius 1 is 1.26 bits per heavy atom. The molecule has 0 spiro atoms. The van der Waals surface area contributed by atoms with Gasteiger partial charge in [0.05, 0.1) is 28.9 Å². The van der Waals surface area contributed by atoms with Crippen molar-refractivity contribution in [3.05, 3.63) is 46.7 Å². The Kier molecular flexibility index (Phi) is 2.46. The van der Waals surface area contributed by atoms with Gasteiger partial charge in [0.2, 0.25) is 0 Å². The summed E-state index contributed by atoms with van der Waals surface area (Å²) in [5.41, 5.74) is 2.18. The number of amides is 2. The van der Waals surface area contributed by atoms with Crippen molar-refractivity contribution in [2.45, 2.75) is 6.04 Å². The van der Waals surface area contributed by atoms with Gasteiger partial charge < -0.3 is 15.4 Å². The van der Waals surface area contributed by atoms with Gasteiger partial charge in [-0.1, -0.05) is 12.1 Å². The first-order valence-corrected chi connectivity index (χ1v) is 5.67. The summed E-state index contributed by atoms with van der Waals surface area (Å²) in [6.07, 6.45) is 0. The van der Waals surface area contributed by atoms with Crippen LogP contribution < -0.4 is 10.6 Å². The molecule has 3 rings (SSSR count). The Morgan fingerprint density at radius 3 is 2.68 bits per heavy atom. The maximum atomic E-state index is 11.7. The molecule has 2 aliphatic heterocycles. The average molecular weight is 255 g/mol. The minimum atomic E-state index is -0.536. The van der Waals surface area contributed by atoms with Crippen molar-refractivity contribution < 1.29 is 14.3 Å². The molecule has 0 bridgehead atoms. The van der Waals surface area contributed by atoms with Crippen LogP contribution in [0.15, 0.2) is 35.5 Å². The Hall–Kier alpha value is -2.81. The summed E-state index contributed by atoms with van der Waals surface area (Å²) >= 11 is 0. The van der Waals surface area contributed by atoms with Gasteiger partial charge in [-0.2, -0.15) is 5.26 Å². The molecule has 2 N–H and O–H groups in total. The highest BCUT2D eigenvalue weighted by molar-refractivity contribution is 5.97. The molecule has 2 heterocycles. The molecule has 6 heteroatoms. The lowest BCUT2D eigenvalue weighted by atomic mass is 9.96. The van der Waals surface area contributed by atoms with Crippen molar-refractivity contribution in [1.29, 1.82) is 5.26 Å². The molecule has 0 aliphatic carbocycles. The minimum Gasteiger partial charge on any atom is -0.456 e. The number of nitrogens with one attached hydrogen (secondary N) is 2. The minimum absolute atomic E-state index is 0.0916. The fourth-order valence-corrected chi connectivity index (χ4v) is 2.19. The molecule has 0 radical (unpaired) electrons. The first kappa shape index (κ1) is 11.3. The van der Waals surface area contributed by atoms with E-state index in [-0.39, 0.29) is 12.6 Å². The zero-order valence-electron chi connectivity index (χ0n) is 9.77. The lowest BCUT2D eigenvalue weighted by Crippen LogP contribution is -2.44. The highest BCUT2D eigenvalue weighted by Crippen LogP contribution is 2.30. The Bertz CT molecular complexity index is 640. The number of carbonyl (C=O) groups excluding carboxylic acids is 2. The van der Waals surface area contributed by atoms with Crippen LogP contribution in [0.2, 0.25) is 0 Å².